The molecule has 0 spiro atoms. The highest BCUT2D eigenvalue weighted by Crippen LogP contribution is 2.35. The SMILES string of the molecule is C[C@@H]1CN(C(c2cccc(O)c2)c2cccc(C(=O)N3CCN(CC(=O)O)CC3)c2)[C@@H](C)CN1Cc1ccccc1. The van der Waals surface area contributed by atoms with E-state index < -0.39 is 5.97 Å². The van der Waals surface area contributed by atoms with Crippen LogP contribution in [0.25, 0.3) is 0 Å². The average molecular weight is 557 g/mol. The quantitative estimate of drug-likeness (QED) is 0.435. The fraction of sp³-hybridized carbons (Fsp3) is 0.394. The molecular formula is C33H40N4O4. The standard InChI is InChI=1S/C33H40N4O4/c1-24-21-37(25(2)20-36(24)22-26-8-4-3-5-9-26)32(28-11-7-13-30(38)19-28)27-10-6-12-29(18-27)33(41)35-16-14-34(15-17-35)23-31(39)40/h3-13,18-19,24-25,32,38H,14-17,20-23H2,1-2H3,(H,39,40)/t24-,25+,32?/m1/s1. The minimum absolute atomic E-state index is 0.00165. The molecule has 3 aromatic carbocycles. The summed E-state index contributed by atoms with van der Waals surface area (Å²) in [7, 11) is 0. The normalized spacial score (nSPS) is 21.5. The van der Waals surface area contributed by atoms with Crippen LogP contribution in [0.4, 0.5) is 0 Å². The maximum atomic E-state index is 13.5. The number of rotatable bonds is 8. The van der Waals surface area contributed by atoms with Gasteiger partial charge in [-0.05, 0) is 54.8 Å². The summed E-state index contributed by atoms with van der Waals surface area (Å²) in [5.74, 6) is -0.659. The van der Waals surface area contributed by atoms with E-state index in [0.29, 0.717) is 37.8 Å². The third kappa shape index (κ3) is 6.96. The van der Waals surface area contributed by atoms with E-state index in [4.69, 9.17) is 5.11 Å². The van der Waals surface area contributed by atoms with E-state index in [1.807, 2.05) is 52.3 Å². The first-order chi connectivity index (χ1) is 19.8. The topological polar surface area (TPSA) is 87.6 Å². The molecule has 2 N–H and O–H groups in total. The van der Waals surface area contributed by atoms with E-state index in [1.54, 1.807) is 6.07 Å². The number of carbonyl (C=O) groups is 2. The molecule has 5 rings (SSSR count). The number of piperazine rings is 2. The summed E-state index contributed by atoms with van der Waals surface area (Å²) in [5.41, 5.74) is 3.94. The van der Waals surface area contributed by atoms with Crippen LogP contribution in [0.15, 0.2) is 78.9 Å². The van der Waals surface area contributed by atoms with Crippen molar-refractivity contribution < 1.29 is 19.8 Å². The molecule has 216 valence electrons. The monoisotopic (exact) mass is 556 g/mol. The Balaban J connectivity index is 1.38. The molecule has 2 aliphatic rings. The number of hydrogen-bond acceptors (Lipinski definition) is 6. The summed E-state index contributed by atoms with van der Waals surface area (Å²) >= 11 is 0. The molecule has 0 saturated carbocycles. The molecular weight excluding hydrogens is 516 g/mol. The molecule has 2 fully saturated rings. The van der Waals surface area contributed by atoms with Gasteiger partial charge in [0, 0.05) is 63.5 Å². The van der Waals surface area contributed by atoms with Crippen molar-refractivity contribution in [1.82, 2.24) is 19.6 Å². The zero-order chi connectivity index (χ0) is 28.9. The predicted molar refractivity (Wildman–Crippen MR) is 159 cm³/mol. The number of aliphatic carboxylic acids is 1. The fourth-order valence-corrected chi connectivity index (χ4v) is 6.22. The van der Waals surface area contributed by atoms with Crippen LogP contribution < -0.4 is 0 Å². The molecule has 0 aromatic heterocycles. The molecule has 8 nitrogen and oxygen atoms in total. The van der Waals surface area contributed by atoms with Crippen molar-refractivity contribution in [3.05, 3.63) is 101 Å². The lowest BCUT2D eigenvalue weighted by molar-refractivity contribution is -0.138. The van der Waals surface area contributed by atoms with Crippen molar-refractivity contribution in [1.29, 1.82) is 0 Å². The van der Waals surface area contributed by atoms with Crippen molar-refractivity contribution >= 4 is 11.9 Å². The van der Waals surface area contributed by atoms with Gasteiger partial charge in [0.05, 0.1) is 12.6 Å². The van der Waals surface area contributed by atoms with Crippen LogP contribution >= 0.6 is 0 Å². The number of phenols is 1. The molecule has 2 saturated heterocycles. The van der Waals surface area contributed by atoms with E-state index in [-0.39, 0.29) is 30.3 Å². The minimum Gasteiger partial charge on any atom is -0.508 e. The first-order valence-electron chi connectivity index (χ1n) is 14.4. The Hall–Kier alpha value is -3.72. The largest absolute Gasteiger partial charge is 0.508 e. The Morgan fingerprint density at radius 2 is 1.51 bits per heavy atom. The molecule has 2 heterocycles. The second-order valence-corrected chi connectivity index (χ2v) is 11.4. The number of amides is 1. The molecule has 0 bridgehead atoms. The lowest BCUT2D eigenvalue weighted by atomic mass is 9.92. The molecule has 3 atom stereocenters. The van der Waals surface area contributed by atoms with Crippen LogP contribution in [-0.4, -0.2) is 99.6 Å². The Kier molecular flexibility index (Phi) is 9.03. The van der Waals surface area contributed by atoms with Crippen molar-refractivity contribution in [2.24, 2.45) is 0 Å². The lowest BCUT2D eigenvalue weighted by Gasteiger charge is -2.47. The highest BCUT2D eigenvalue weighted by molar-refractivity contribution is 5.94. The van der Waals surface area contributed by atoms with Gasteiger partial charge in [-0.1, -0.05) is 54.6 Å². The molecule has 0 radical (unpaired) electrons. The van der Waals surface area contributed by atoms with Crippen molar-refractivity contribution in [3.8, 4) is 5.75 Å². The number of aromatic hydroxyl groups is 1. The number of nitrogens with zero attached hydrogens (tertiary/aromatic N) is 4. The maximum absolute atomic E-state index is 13.5. The summed E-state index contributed by atoms with van der Waals surface area (Å²) in [6.45, 7) is 9.28. The van der Waals surface area contributed by atoms with E-state index >= 15 is 0 Å². The summed E-state index contributed by atoms with van der Waals surface area (Å²) in [6.07, 6.45) is 0. The van der Waals surface area contributed by atoms with E-state index in [9.17, 15) is 14.7 Å². The highest BCUT2D eigenvalue weighted by Gasteiger charge is 2.35. The van der Waals surface area contributed by atoms with Gasteiger partial charge in [-0.15, -0.1) is 0 Å². The number of carboxylic acid groups (broad SMARTS) is 1. The highest BCUT2D eigenvalue weighted by atomic mass is 16.4. The van der Waals surface area contributed by atoms with Crippen LogP contribution in [0, 0.1) is 0 Å². The summed E-state index contributed by atoms with van der Waals surface area (Å²) < 4.78 is 0. The number of phenolic OH excluding ortho intramolecular Hbond substituents is 1. The zero-order valence-corrected chi connectivity index (χ0v) is 23.9. The van der Waals surface area contributed by atoms with Crippen molar-refractivity contribution in [2.75, 3.05) is 45.8 Å². The molecule has 1 unspecified atom stereocenters. The molecule has 1 amide bonds. The van der Waals surface area contributed by atoms with Gasteiger partial charge in [-0.2, -0.15) is 0 Å². The van der Waals surface area contributed by atoms with E-state index in [0.717, 1.165) is 30.8 Å². The third-order valence-corrected chi connectivity index (χ3v) is 8.38. The lowest BCUT2D eigenvalue weighted by Crippen LogP contribution is -2.56. The Morgan fingerprint density at radius 3 is 2.20 bits per heavy atom. The van der Waals surface area contributed by atoms with Gasteiger partial charge in [-0.3, -0.25) is 24.3 Å². The van der Waals surface area contributed by atoms with Gasteiger partial charge in [0.15, 0.2) is 0 Å². The van der Waals surface area contributed by atoms with E-state index in [1.165, 1.54) is 5.56 Å². The number of carbonyl (C=O) groups excluding carboxylic acids is 1. The van der Waals surface area contributed by atoms with Crippen LogP contribution in [-0.2, 0) is 11.3 Å². The first kappa shape index (κ1) is 28.8. The van der Waals surface area contributed by atoms with Gasteiger partial charge < -0.3 is 15.1 Å². The third-order valence-electron chi connectivity index (χ3n) is 8.38. The van der Waals surface area contributed by atoms with Crippen LogP contribution in [0.5, 0.6) is 5.75 Å². The van der Waals surface area contributed by atoms with Gasteiger partial charge in [0.25, 0.3) is 5.91 Å². The minimum atomic E-state index is -0.847. The van der Waals surface area contributed by atoms with Crippen LogP contribution in [0.1, 0.15) is 46.9 Å². The Bertz CT molecular complexity index is 1340. The van der Waals surface area contributed by atoms with Gasteiger partial charge in [0.2, 0.25) is 0 Å². The molecule has 0 aliphatic carbocycles. The Labute approximate surface area is 242 Å². The van der Waals surface area contributed by atoms with Crippen molar-refractivity contribution in [2.45, 2.75) is 38.5 Å². The van der Waals surface area contributed by atoms with Crippen molar-refractivity contribution in [3.63, 3.8) is 0 Å². The first-order valence-corrected chi connectivity index (χ1v) is 14.4. The van der Waals surface area contributed by atoms with E-state index in [2.05, 4.69) is 54.0 Å². The number of hydrogen-bond donors (Lipinski definition) is 2. The maximum Gasteiger partial charge on any atom is 0.317 e. The summed E-state index contributed by atoms with van der Waals surface area (Å²) in [5, 5.41) is 19.5. The summed E-state index contributed by atoms with van der Waals surface area (Å²) in [4.78, 5) is 33.3. The molecule has 8 heteroatoms. The van der Waals surface area contributed by atoms with Crippen LogP contribution in [0.3, 0.4) is 0 Å². The van der Waals surface area contributed by atoms with Gasteiger partial charge >= 0.3 is 5.97 Å². The summed E-state index contributed by atoms with van der Waals surface area (Å²) in [6, 6.07) is 26.3. The predicted octanol–water partition coefficient (Wildman–Crippen LogP) is 3.92. The second kappa shape index (κ2) is 12.9. The second-order valence-electron chi connectivity index (χ2n) is 11.4. The zero-order valence-electron chi connectivity index (χ0n) is 23.9. The number of benzene rings is 3. The fourth-order valence-electron chi connectivity index (χ4n) is 6.22. The van der Waals surface area contributed by atoms with Crippen LogP contribution in [0.2, 0.25) is 0 Å². The Morgan fingerprint density at radius 1 is 0.829 bits per heavy atom. The molecule has 41 heavy (non-hydrogen) atoms. The average Bonchev–Trinajstić information content (AvgIpc) is 2.96. The smallest absolute Gasteiger partial charge is 0.317 e. The molecule has 3 aromatic rings. The van der Waals surface area contributed by atoms with Gasteiger partial charge in [-0.25, -0.2) is 0 Å². The van der Waals surface area contributed by atoms with Gasteiger partial charge in [0.1, 0.15) is 5.75 Å². The molecule has 2 aliphatic heterocycles. The number of carboxylic acids is 1.